The van der Waals surface area contributed by atoms with E-state index in [-0.39, 0.29) is 41.2 Å². The molecule has 1 aliphatic heterocycles. The number of nitrogens with zero attached hydrogens (tertiary/aromatic N) is 2. The summed E-state index contributed by atoms with van der Waals surface area (Å²) in [5.41, 5.74) is 1.22. The molecule has 1 aliphatic rings. The molecule has 0 unspecified atom stereocenters. The molecule has 0 bridgehead atoms. The number of carbonyl (C=O) groups excluding carboxylic acids is 3. The maximum atomic E-state index is 14.4. The molecule has 4 rings (SSSR count). The van der Waals surface area contributed by atoms with Gasteiger partial charge in [0.25, 0.3) is 5.91 Å². The Balaban J connectivity index is 1.72. The maximum Gasteiger partial charge on any atom is 0.339 e. The van der Waals surface area contributed by atoms with Gasteiger partial charge in [-0.3, -0.25) is 9.59 Å². The summed E-state index contributed by atoms with van der Waals surface area (Å²) >= 11 is 5.92. The van der Waals surface area contributed by atoms with Gasteiger partial charge in [0.1, 0.15) is 17.1 Å². The zero-order valence-electron chi connectivity index (χ0n) is 21.5. The zero-order valence-corrected chi connectivity index (χ0v) is 22.2. The van der Waals surface area contributed by atoms with Crippen molar-refractivity contribution >= 4 is 40.9 Å². The lowest BCUT2D eigenvalue weighted by Gasteiger charge is -2.50. The molecular weight excluding hydrogens is 511 g/mol. The van der Waals surface area contributed by atoms with E-state index in [2.05, 4.69) is 15.6 Å². The van der Waals surface area contributed by atoms with Crippen LogP contribution in [0.4, 0.5) is 15.9 Å². The number of hydrogen-bond donors (Lipinski definition) is 2. The van der Waals surface area contributed by atoms with Gasteiger partial charge >= 0.3 is 5.97 Å². The van der Waals surface area contributed by atoms with Crippen molar-refractivity contribution in [1.29, 1.82) is 0 Å². The van der Waals surface area contributed by atoms with Gasteiger partial charge in [0.15, 0.2) is 0 Å². The number of anilines is 2. The van der Waals surface area contributed by atoms with E-state index in [1.165, 1.54) is 26.4 Å². The Bertz CT molecular complexity index is 1390. The number of pyridine rings is 1. The molecule has 2 heterocycles. The molecule has 2 N–H and O–H groups in total. The van der Waals surface area contributed by atoms with E-state index in [4.69, 9.17) is 16.3 Å². The Hall–Kier alpha value is -3.98. The first-order valence-corrected chi connectivity index (χ1v) is 12.4. The van der Waals surface area contributed by atoms with Crippen molar-refractivity contribution in [2.45, 2.75) is 25.2 Å². The van der Waals surface area contributed by atoms with Crippen molar-refractivity contribution in [3.8, 4) is 0 Å². The predicted molar refractivity (Wildman–Crippen MR) is 143 cm³/mol. The average molecular weight is 539 g/mol. The van der Waals surface area contributed by atoms with Crippen LogP contribution in [-0.2, 0) is 14.9 Å². The molecule has 3 aromatic rings. The van der Waals surface area contributed by atoms with Crippen LogP contribution in [0.3, 0.4) is 0 Å². The Labute approximate surface area is 225 Å². The highest BCUT2D eigenvalue weighted by Crippen LogP contribution is 2.42. The van der Waals surface area contributed by atoms with Crippen LogP contribution in [0, 0.1) is 5.82 Å². The molecule has 0 spiro atoms. The van der Waals surface area contributed by atoms with Crippen LogP contribution in [0.15, 0.2) is 54.7 Å². The molecule has 0 saturated carbocycles. The lowest BCUT2D eigenvalue weighted by Crippen LogP contribution is -2.65. The number of ether oxygens (including phenoxy) is 1. The number of aromatic nitrogens is 1. The van der Waals surface area contributed by atoms with E-state index in [9.17, 15) is 18.8 Å². The van der Waals surface area contributed by atoms with Crippen molar-refractivity contribution in [2.75, 3.05) is 37.5 Å². The Morgan fingerprint density at radius 3 is 2.45 bits per heavy atom. The number of methoxy groups -OCH3 is 1. The lowest BCUT2D eigenvalue weighted by atomic mass is 9.69. The molecule has 0 radical (unpaired) electrons. The molecule has 10 heteroatoms. The number of amides is 2. The third-order valence-corrected chi connectivity index (χ3v) is 7.02. The third-order valence-electron chi connectivity index (χ3n) is 6.73. The molecule has 1 fully saturated rings. The quantitative estimate of drug-likeness (QED) is 0.428. The van der Waals surface area contributed by atoms with E-state index in [0.29, 0.717) is 11.4 Å². The number of nitrogens with one attached hydrogen (secondary N) is 2. The highest BCUT2D eigenvalue weighted by molar-refractivity contribution is 6.31. The Morgan fingerprint density at radius 2 is 1.84 bits per heavy atom. The van der Waals surface area contributed by atoms with Crippen LogP contribution < -0.4 is 15.5 Å². The van der Waals surface area contributed by atoms with Gasteiger partial charge in [0.2, 0.25) is 5.91 Å². The van der Waals surface area contributed by atoms with Gasteiger partial charge in [-0.25, -0.2) is 14.2 Å². The number of halogens is 2. The van der Waals surface area contributed by atoms with Gasteiger partial charge in [-0.15, -0.1) is 0 Å². The number of carbonyl (C=O) groups is 3. The van der Waals surface area contributed by atoms with Crippen LogP contribution in [0.25, 0.3) is 0 Å². The van der Waals surface area contributed by atoms with Crippen molar-refractivity contribution in [3.63, 3.8) is 0 Å². The van der Waals surface area contributed by atoms with Crippen LogP contribution in [-0.4, -0.2) is 50.0 Å². The molecular formula is C28H28ClFN4O4. The van der Waals surface area contributed by atoms with Crippen LogP contribution in [0.2, 0.25) is 5.02 Å². The zero-order chi connectivity index (χ0) is 27.6. The largest absolute Gasteiger partial charge is 0.465 e. The van der Waals surface area contributed by atoms with Crippen LogP contribution >= 0.6 is 11.6 Å². The van der Waals surface area contributed by atoms with Gasteiger partial charge in [0, 0.05) is 26.3 Å². The lowest BCUT2D eigenvalue weighted by molar-refractivity contribution is -0.122. The molecule has 198 valence electrons. The first kappa shape index (κ1) is 27.1. The number of esters is 1. The SMILES string of the molecule is CNC(=O)c1cc(Cl)c(F)cc1NC(=O)C1(c2ccccc2C(C)C)CN(c2ccc(C(=O)OC)cn2)C1. The van der Waals surface area contributed by atoms with Crippen LogP contribution in [0.1, 0.15) is 51.6 Å². The first-order chi connectivity index (χ1) is 18.1. The number of hydrogen-bond acceptors (Lipinski definition) is 6. The standard InChI is InChI=1S/C28H28ClFN4O4/c1-16(2)18-7-5-6-8-20(18)28(14-34(15-28)24-10-9-17(13-32-24)26(36)38-4)27(37)33-23-12-22(30)21(29)11-19(23)25(35)31-3/h5-13,16H,14-15H2,1-4H3,(H,31,35)(H,33,37). The second kappa shape index (κ2) is 10.8. The highest BCUT2D eigenvalue weighted by atomic mass is 35.5. The minimum Gasteiger partial charge on any atom is -0.465 e. The normalized spacial score (nSPS) is 14.0. The molecule has 0 atom stereocenters. The van der Waals surface area contributed by atoms with E-state index in [1.807, 2.05) is 43.0 Å². The molecule has 38 heavy (non-hydrogen) atoms. The van der Waals surface area contributed by atoms with Crippen molar-refractivity contribution in [1.82, 2.24) is 10.3 Å². The number of benzene rings is 2. The first-order valence-electron chi connectivity index (χ1n) is 12.0. The second-order valence-corrected chi connectivity index (χ2v) is 9.83. The van der Waals surface area contributed by atoms with Gasteiger partial charge in [-0.2, -0.15) is 0 Å². The molecule has 2 aromatic carbocycles. The van der Waals surface area contributed by atoms with E-state index >= 15 is 0 Å². The third kappa shape index (κ3) is 4.93. The summed E-state index contributed by atoms with van der Waals surface area (Å²) in [6.45, 7) is 4.65. The number of rotatable bonds is 7. The summed E-state index contributed by atoms with van der Waals surface area (Å²) in [4.78, 5) is 44.5. The molecule has 1 aromatic heterocycles. The van der Waals surface area contributed by atoms with Gasteiger partial charge < -0.3 is 20.3 Å². The summed E-state index contributed by atoms with van der Waals surface area (Å²) in [6.07, 6.45) is 1.43. The predicted octanol–water partition coefficient (Wildman–Crippen LogP) is 4.54. The van der Waals surface area contributed by atoms with Gasteiger partial charge in [-0.1, -0.05) is 49.7 Å². The van der Waals surface area contributed by atoms with Crippen LogP contribution in [0.5, 0.6) is 0 Å². The summed E-state index contributed by atoms with van der Waals surface area (Å²) < 4.78 is 19.1. The fourth-order valence-electron chi connectivity index (χ4n) is 4.67. The van der Waals surface area contributed by atoms with Gasteiger partial charge in [0.05, 0.1) is 28.9 Å². The summed E-state index contributed by atoms with van der Waals surface area (Å²) in [5.74, 6) is -1.42. The summed E-state index contributed by atoms with van der Waals surface area (Å²) in [6, 6.07) is 13.3. The molecule has 8 nitrogen and oxygen atoms in total. The fraction of sp³-hybridized carbons (Fsp3) is 0.286. The summed E-state index contributed by atoms with van der Waals surface area (Å²) in [7, 11) is 2.74. The topological polar surface area (TPSA) is 101 Å². The monoisotopic (exact) mass is 538 g/mol. The van der Waals surface area contributed by atoms with E-state index in [0.717, 1.165) is 17.2 Å². The molecule has 0 aliphatic carbocycles. The maximum absolute atomic E-state index is 14.4. The minimum absolute atomic E-state index is 0.0247. The minimum atomic E-state index is -1.01. The average Bonchev–Trinajstić information content (AvgIpc) is 2.89. The van der Waals surface area contributed by atoms with E-state index in [1.54, 1.807) is 12.1 Å². The molecule has 2 amide bonds. The Morgan fingerprint density at radius 1 is 1.13 bits per heavy atom. The van der Waals surface area contributed by atoms with Gasteiger partial charge in [-0.05, 0) is 41.3 Å². The molecule has 1 saturated heterocycles. The summed E-state index contributed by atoms with van der Waals surface area (Å²) in [5, 5.41) is 5.06. The second-order valence-electron chi connectivity index (χ2n) is 9.42. The smallest absolute Gasteiger partial charge is 0.339 e. The van der Waals surface area contributed by atoms with Crippen molar-refractivity contribution in [2.24, 2.45) is 0 Å². The van der Waals surface area contributed by atoms with Crippen molar-refractivity contribution in [3.05, 3.63) is 87.8 Å². The Kier molecular flexibility index (Phi) is 7.68. The van der Waals surface area contributed by atoms with E-state index < -0.39 is 23.1 Å². The highest BCUT2D eigenvalue weighted by Gasteiger charge is 2.52. The fourth-order valence-corrected chi connectivity index (χ4v) is 4.83. The van der Waals surface area contributed by atoms with Crippen molar-refractivity contribution < 1.29 is 23.5 Å².